The second-order valence-electron chi connectivity index (χ2n) is 4.48. The third kappa shape index (κ3) is 1.97. The quantitative estimate of drug-likeness (QED) is 0.781. The Morgan fingerprint density at radius 3 is 2.33 bits per heavy atom. The van der Waals surface area contributed by atoms with Crippen molar-refractivity contribution < 1.29 is 9.59 Å². The number of nitrogens with zero attached hydrogens (tertiary/aromatic N) is 2. The van der Waals surface area contributed by atoms with E-state index in [9.17, 15) is 9.59 Å². The third-order valence-electron chi connectivity index (χ3n) is 3.28. The Labute approximate surface area is 111 Å². The molecular formula is C13H15ClN2O2. The highest BCUT2D eigenvalue weighted by molar-refractivity contribution is 6.30. The molecule has 1 saturated heterocycles. The molecule has 2 rings (SSSR count). The van der Waals surface area contributed by atoms with Crippen molar-refractivity contribution in [2.75, 3.05) is 7.05 Å². The Kier molecular flexibility index (Phi) is 3.30. The molecule has 0 aliphatic carbocycles. The average Bonchev–Trinajstić information content (AvgIpc) is 2.55. The number of amides is 2. The highest BCUT2D eigenvalue weighted by Gasteiger charge is 2.43. The number of likely N-dealkylation sites (N-methyl/N-ethyl adjacent to an activating group) is 1. The van der Waals surface area contributed by atoms with E-state index in [4.69, 9.17) is 11.6 Å². The Hall–Kier alpha value is -1.55. The molecule has 0 radical (unpaired) electrons. The molecule has 0 saturated carbocycles. The fourth-order valence-corrected chi connectivity index (χ4v) is 2.52. The normalized spacial score (nSPS) is 23.7. The molecule has 0 spiro atoms. The van der Waals surface area contributed by atoms with E-state index in [-0.39, 0.29) is 18.0 Å². The highest BCUT2D eigenvalue weighted by atomic mass is 35.5. The van der Waals surface area contributed by atoms with E-state index in [1.54, 1.807) is 35.9 Å². The van der Waals surface area contributed by atoms with Crippen LogP contribution in [0.25, 0.3) is 0 Å². The Morgan fingerprint density at radius 2 is 1.83 bits per heavy atom. The average molecular weight is 267 g/mol. The topological polar surface area (TPSA) is 40.6 Å². The summed E-state index contributed by atoms with van der Waals surface area (Å²) in [6, 6.07) is 6.77. The first-order valence-corrected chi connectivity index (χ1v) is 6.12. The molecule has 2 amide bonds. The van der Waals surface area contributed by atoms with Gasteiger partial charge in [-0.15, -0.1) is 0 Å². The van der Waals surface area contributed by atoms with Gasteiger partial charge < -0.3 is 9.80 Å². The van der Waals surface area contributed by atoms with Gasteiger partial charge in [-0.3, -0.25) is 9.59 Å². The molecule has 1 heterocycles. The molecule has 2 atom stereocenters. The van der Waals surface area contributed by atoms with Crippen molar-refractivity contribution in [3.05, 3.63) is 34.9 Å². The maximum absolute atomic E-state index is 12.0. The largest absolute Gasteiger partial charge is 0.319 e. The Balaban J connectivity index is 2.43. The van der Waals surface area contributed by atoms with E-state index in [0.717, 1.165) is 5.56 Å². The van der Waals surface area contributed by atoms with Crippen molar-refractivity contribution in [2.24, 2.45) is 0 Å². The molecule has 1 aliphatic heterocycles. The molecule has 1 aromatic carbocycles. The number of hydrogen-bond donors (Lipinski definition) is 0. The lowest BCUT2D eigenvalue weighted by Gasteiger charge is -2.28. The van der Waals surface area contributed by atoms with Crippen LogP contribution in [0.2, 0.25) is 5.02 Å². The minimum Gasteiger partial charge on any atom is -0.319 e. The van der Waals surface area contributed by atoms with Gasteiger partial charge in [0.2, 0.25) is 11.8 Å². The summed E-state index contributed by atoms with van der Waals surface area (Å²) in [5, 5.41) is 0.633. The van der Waals surface area contributed by atoms with Crippen LogP contribution in [0.3, 0.4) is 0 Å². The summed E-state index contributed by atoms with van der Waals surface area (Å²) in [4.78, 5) is 26.9. The predicted octanol–water partition coefficient (Wildman–Crippen LogP) is 2.05. The fraction of sp³-hybridized carbons (Fsp3) is 0.385. The fourth-order valence-electron chi connectivity index (χ4n) is 2.40. The van der Waals surface area contributed by atoms with Crippen molar-refractivity contribution in [3.63, 3.8) is 0 Å². The monoisotopic (exact) mass is 266 g/mol. The molecule has 96 valence electrons. The van der Waals surface area contributed by atoms with E-state index in [1.165, 1.54) is 6.92 Å². The van der Waals surface area contributed by atoms with Gasteiger partial charge in [0.15, 0.2) is 0 Å². The van der Waals surface area contributed by atoms with E-state index in [0.29, 0.717) is 5.02 Å². The van der Waals surface area contributed by atoms with E-state index in [2.05, 4.69) is 0 Å². The molecule has 18 heavy (non-hydrogen) atoms. The maximum Gasteiger partial charge on any atom is 0.246 e. The number of carbonyl (C=O) groups excluding carboxylic acids is 2. The summed E-state index contributed by atoms with van der Waals surface area (Å²) < 4.78 is 0. The number of hydrogen-bond acceptors (Lipinski definition) is 2. The van der Waals surface area contributed by atoms with E-state index in [1.807, 2.05) is 12.1 Å². The molecular weight excluding hydrogens is 252 g/mol. The van der Waals surface area contributed by atoms with Crippen molar-refractivity contribution in [1.29, 1.82) is 0 Å². The van der Waals surface area contributed by atoms with Gasteiger partial charge in [-0.25, -0.2) is 0 Å². The number of carbonyl (C=O) groups is 2. The van der Waals surface area contributed by atoms with Crippen molar-refractivity contribution >= 4 is 23.4 Å². The first kappa shape index (κ1) is 12.9. The van der Waals surface area contributed by atoms with Crippen LogP contribution in [-0.2, 0) is 9.59 Å². The van der Waals surface area contributed by atoms with Crippen molar-refractivity contribution in [2.45, 2.75) is 26.1 Å². The summed E-state index contributed by atoms with van der Waals surface area (Å²) in [6.45, 7) is 3.22. The Bertz CT molecular complexity index is 486. The van der Waals surface area contributed by atoms with Crippen LogP contribution in [0, 0.1) is 0 Å². The van der Waals surface area contributed by atoms with E-state index >= 15 is 0 Å². The van der Waals surface area contributed by atoms with Gasteiger partial charge in [0, 0.05) is 19.0 Å². The molecule has 1 aliphatic rings. The van der Waals surface area contributed by atoms with Gasteiger partial charge in [0.25, 0.3) is 0 Å². The lowest BCUT2D eigenvalue weighted by Crippen LogP contribution is -2.36. The lowest BCUT2D eigenvalue weighted by atomic mass is 10.1. The molecule has 0 N–H and O–H groups in total. The summed E-state index contributed by atoms with van der Waals surface area (Å²) in [6.07, 6.45) is -0.345. The second-order valence-corrected chi connectivity index (χ2v) is 4.91. The lowest BCUT2D eigenvalue weighted by molar-refractivity contribution is -0.134. The number of rotatable bonds is 1. The van der Waals surface area contributed by atoms with Gasteiger partial charge in [-0.1, -0.05) is 23.7 Å². The van der Waals surface area contributed by atoms with Crippen molar-refractivity contribution in [3.8, 4) is 0 Å². The smallest absolute Gasteiger partial charge is 0.246 e. The van der Waals surface area contributed by atoms with Crippen LogP contribution >= 0.6 is 11.6 Å². The summed E-state index contributed by atoms with van der Waals surface area (Å²) >= 11 is 5.85. The summed E-state index contributed by atoms with van der Waals surface area (Å²) in [5.41, 5.74) is 0.884. The zero-order chi connectivity index (χ0) is 13.4. The van der Waals surface area contributed by atoms with Crippen LogP contribution in [-0.4, -0.2) is 34.7 Å². The van der Waals surface area contributed by atoms with E-state index < -0.39 is 6.04 Å². The molecule has 0 aromatic heterocycles. The first-order chi connectivity index (χ1) is 8.43. The van der Waals surface area contributed by atoms with Crippen LogP contribution in [0.15, 0.2) is 24.3 Å². The third-order valence-corrected chi connectivity index (χ3v) is 3.54. The van der Waals surface area contributed by atoms with Crippen LogP contribution in [0.4, 0.5) is 0 Å². The van der Waals surface area contributed by atoms with Gasteiger partial charge in [0.1, 0.15) is 12.2 Å². The van der Waals surface area contributed by atoms with Crippen LogP contribution < -0.4 is 0 Å². The zero-order valence-corrected chi connectivity index (χ0v) is 11.3. The first-order valence-electron chi connectivity index (χ1n) is 5.74. The number of benzene rings is 1. The molecule has 1 fully saturated rings. The predicted molar refractivity (Wildman–Crippen MR) is 68.9 cm³/mol. The molecule has 1 aromatic rings. The Morgan fingerprint density at radius 1 is 1.28 bits per heavy atom. The number of halogens is 1. The molecule has 4 nitrogen and oxygen atoms in total. The van der Waals surface area contributed by atoms with Crippen LogP contribution in [0.5, 0.6) is 0 Å². The SMILES string of the molecule is CC(=O)N1C(c2ccc(Cl)cc2)N(C)C(=O)[C@H]1C. The minimum absolute atomic E-state index is 0.0508. The standard InChI is InChI=1S/C13H15ClN2O2/c1-8-13(18)15(3)12(16(8)9(2)17)10-4-6-11(14)7-5-10/h4-8,12H,1-3H3/t8-,12?/m1/s1. The second kappa shape index (κ2) is 4.61. The van der Waals surface area contributed by atoms with Gasteiger partial charge in [-0.2, -0.15) is 0 Å². The maximum atomic E-state index is 12.0. The zero-order valence-electron chi connectivity index (χ0n) is 10.6. The van der Waals surface area contributed by atoms with Gasteiger partial charge in [-0.05, 0) is 24.6 Å². The highest BCUT2D eigenvalue weighted by Crippen LogP contribution is 2.33. The van der Waals surface area contributed by atoms with Crippen LogP contribution in [0.1, 0.15) is 25.6 Å². The molecule has 0 bridgehead atoms. The summed E-state index contributed by atoms with van der Waals surface area (Å²) in [5.74, 6) is -0.162. The minimum atomic E-state index is -0.423. The summed E-state index contributed by atoms with van der Waals surface area (Å²) in [7, 11) is 1.71. The van der Waals surface area contributed by atoms with Gasteiger partial charge in [0.05, 0.1) is 0 Å². The molecule has 1 unspecified atom stereocenters. The van der Waals surface area contributed by atoms with Gasteiger partial charge >= 0.3 is 0 Å². The molecule has 5 heteroatoms. The van der Waals surface area contributed by atoms with Crippen molar-refractivity contribution in [1.82, 2.24) is 9.80 Å².